The van der Waals surface area contributed by atoms with Crippen LogP contribution in [0.5, 0.6) is 5.75 Å². The fraction of sp³-hybridized carbons (Fsp3) is 0.739. The summed E-state index contributed by atoms with van der Waals surface area (Å²) in [4.78, 5) is 2.79. The van der Waals surface area contributed by atoms with Crippen LogP contribution in [-0.2, 0) is 11.8 Å². The van der Waals surface area contributed by atoms with Gasteiger partial charge in [0.15, 0.2) is 0 Å². The second-order valence-corrected chi connectivity index (χ2v) is 9.57. The molecule has 1 aromatic rings. The first kappa shape index (κ1) is 17.4. The summed E-state index contributed by atoms with van der Waals surface area (Å²) in [6.07, 6.45) is 7.78. The van der Waals surface area contributed by atoms with E-state index in [2.05, 4.69) is 44.7 Å². The number of aromatic hydroxyl groups is 1. The number of benzene rings is 1. The summed E-state index contributed by atoms with van der Waals surface area (Å²) in [5, 5.41) is 10.3. The van der Waals surface area contributed by atoms with Crippen LogP contribution in [0, 0.1) is 17.3 Å². The molecule has 2 aliphatic carbocycles. The molecule has 1 aromatic carbocycles. The van der Waals surface area contributed by atoms with Gasteiger partial charge in [-0.25, -0.2) is 0 Å². The van der Waals surface area contributed by atoms with Crippen LogP contribution in [0.1, 0.15) is 70.9 Å². The van der Waals surface area contributed by atoms with Crippen molar-refractivity contribution in [3.63, 3.8) is 0 Å². The largest absolute Gasteiger partial charge is 0.508 e. The minimum absolute atomic E-state index is 0.232. The van der Waals surface area contributed by atoms with E-state index in [4.69, 9.17) is 0 Å². The predicted octanol–water partition coefficient (Wildman–Crippen LogP) is 5.13. The number of hydrogen-bond acceptors (Lipinski definition) is 2. The molecule has 0 radical (unpaired) electrons. The Hall–Kier alpha value is -1.02. The number of fused-ring (bicyclic) bond motifs is 1. The minimum atomic E-state index is 0.232. The summed E-state index contributed by atoms with van der Waals surface area (Å²) in [6, 6.07) is 6.78. The number of phenols is 1. The van der Waals surface area contributed by atoms with Gasteiger partial charge in [0.05, 0.1) is 0 Å². The van der Waals surface area contributed by atoms with Gasteiger partial charge in [0.25, 0.3) is 0 Å². The standard InChI is InChI=1S/C23H35NO/c1-5-19-8-9-20(25)12-21(19)23-10-11-24(15-18-6-7-18)17(3)22(23,4)13-16(2)14-23/h8-9,12,16-18,25H,5-7,10-11,13-15H2,1-4H3/t16?,17?,22?,23-/m1/s1. The van der Waals surface area contributed by atoms with Gasteiger partial charge in [-0.15, -0.1) is 0 Å². The molecule has 0 amide bonds. The third kappa shape index (κ3) is 2.63. The Bertz CT molecular complexity index is 651. The lowest BCUT2D eigenvalue weighted by Crippen LogP contribution is -2.59. The van der Waals surface area contributed by atoms with Gasteiger partial charge >= 0.3 is 0 Å². The molecule has 4 atom stereocenters. The van der Waals surface area contributed by atoms with Crippen LogP contribution in [0.25, 0.3) is 0 Å². The van der Waals surface area contributed by atoms with E-state index in [9.17, 15) is 5.11 Å². The lowest BCUT2D eigenvalue weighted by molar-refractivity contribution is -0.0215. The van der Waals surface area contributed by atoms with E-state index < -0.39 is 0 Å². The van der Waals surface area contributed by atoms with Crippen molar-refractivity contribution in [2.75, 3.05) is 13.1 Å². The van der Waals surface area contributed by atoms with Crippen LogP contribution in [0.3, 0.4) is 0 Å². The summed E-state index contributed by atoms with van der Waals surface area (Å²) < 4.78 is 0. The van der Waals surface area contributed by atoms with Gasteiger partial charge in [-0.2, -0.15) is 0 Å². The maximum atomic E-state index is 10.3. The quantitative estimate of drug-likeness (QED) is 0.820. The molecule has 2 heteroatoms. The summed E-state index contributed by atoms with van der Waals surface area (Å²) in [7, 11) is 0. The first-order valence-corrected chi connectivity index (χ1v) is 10.5. The summed E-state index contributed by atoms with van der Waals surface area (Å²) >= 11 is 0. The van der Waals surface area contributed by atoms with Gasteiger partial charge in [0, 0.05) is 18.0 Å². The normalized spacial score (nSPS) is 38.7. The molecule has 3 aliphatic rings. The minimum Gasteiger partial charge on any atom is -0.508 e. The van der Waals surface area contributed by atoms with E-state index in [1.807, 2.05) is 6.07 Å². The Kier molecular flexibility index (Phi) is 4.18. The molecule has 4 rings (SSSR count). The van der Waals surface area contributed by atoms with Crippen molar-refractivity contribution in [1.29, 1.82) is 0 Å². The molecule has 0 spiro atoms. The second-order valence-electron chi connectivity index (χ2n) is 9.57. The molecule has 0 bridgehead atoms. The fourth-order valence-electron chi connectivity index (χ4n) is 6.46. The first-order chi connectivity index (χ1) is 11.9. The Balaban J connectivity index is 1.77. The summed E-state index contributed by atoms with van der Waals surface area (Å²) in [6.45, 7) is 12.3. The zero-order valence-electron chi connectivity index (χ0n) is 16.5. The van der Waals surface area contributed by atoms with Crippen LogP contribution in [0.2, 0.25) is 0 Å². The Morgan fingerprint density at radius 2 is 1.96 bits per heavy atom. The van der Waals surface area contributed by atoms with Crippen molar-refractivity contribution in [1.82, 2.24) is 4.90 Å². The van der Waals surface area contributed by atoms with E-state index in [-0.39, 0.29) is 5.41 Å². The molecule has 2 nitrogen and oxygen atoms in total. The molecule has 1 heterocycles. The third-order valence-electron chi connectivity index (χ3n) is 8.04. The number of aryl methyl sites for hydroxylation is 1. The maximum Gasteiger partial charge on any atom is 0.115 e. The van der Waals surface area contributed by atoms with E-state index in [0.29, 0.717) is 17.2 Å². The molecule has 25 heavy (non-hydrogen) atoms. The maximum absolute atomic E-state index is 10.3. The molecule has 1 aliphatic heterocycles. The van der Waals surface area contributed by atoms with Crippen molar-refractivity contribution in [2.45, 2.75) is 77.7 Å². The van der Waals surface area contributed by atoms with Gasteiger partial charge in [-0.3, -0.25) is 4.90 Å². The van der Waals surface area contributed by atoms with E-state index in [0.717, 1.165) is 18.3 Å². The second kappa shape index (κ2) is 6.01. The van der Waals surface area contributed by atoms with Gasteiger partial charge in [0.2, 0.25) is 0 Å². The third-order valence-corrected chi connectivity index (χ3v) is 8.04. The average molecular weight is 342 g/mol. The Morgan fingerprint density at radius 1 is 1.20 bits per heavy atom. The molecule has 0 aromatic heterocycles. The van der Waals surface area contributed by atoms with Crippen LogP contribution in [-0.4, -0.2) is 29.1 Å². The zero-order chi connectivity index (χ0) is 17.8. The molecule has 3 unspecified atom stereocenters. The van der Waals surface area contributed by atoms with E-state index in [1.54, 1.807) is 0 Å². The smallest absolute Gasteiger partial charge is 0.115 e. The van der Waals surface area contributed by atoms with E-state index in [1.165, 1.54) is 56.3 Å². The van der Waals surface area contributed by atoms with Crippen LogP contribution in [0.15, 0.2) is 18.2 Å². The lowest BCUT2D eigenvalue weighted by atomic mass is 9.55. The molecular formula is C23H35NO. The number of rotatable bonds is 4. The van der Waals surface area contributed by atoms with Gasteiger partial charge in [-0.1, -0.05) is 26.8 Å². The zero-order valence-corrected chi connectivity index (χ0v) is 16.5. The van der Waals surface area contributed by atoms with Gasteiger partial charge in [0.1, 0.15) is 5.75 Å². The van der Waals surface area contributed by atoms with Crippen LogP contribution >= 0.6 is 0 Å². The van der Waals surface area contributed by atoms with E-state index >= 15 is 0 Å². The van der Waals surface area contributed by atoms with Crippen molar-refractivity contribution in [3.05, 3.63) is 29.3 Å². The topological polar surface area (TPSA) is 23.5 Å². The molecule has 1 saturated heterocycles. The lowest BCUT2D eigenvalue weighted by Gasteiger charge is -2.57. The summed E-state index contributed by atoms with van der Waals surface area (Å²) in [5.74, 6) is 2.17. The highest BCUT2D eigenvalue weighted by Crippen LogP contribution is 2.63. The van der Waals surface area contributed by atoms with Crippen molar-refractivity contribution in [3.8, 4) is 5.75 Å². The fourth-order valence-corrected chi connectivity index (χ4v) is 6.46. The predicted molar refractivity (Wildman–Crippen MR) is 104 cm³/mol. The van der Waals surface area contributed by atoms with Crippen molar-refractivity contribution >= 4 is 0 Å². The van der Waals surface area contributed by atoms with Crippen LogP contribution < -0.4 is 0 Å². The monoisotopic (exact) mass is 341 g/mol. The SMILES string of the molecule is CCc1ccc(O)cc1[C@]12CCN(CC3CC3)C(C)C1(C)CC(C)C2. The highest BCUT2D eigenvalue weighted by Gasteiger charge is 2.61. The highest BCUT2D eigenvalue weighted by atomic mass is 16.3. The molecular weight excluding hydrogens is 306 g/mol. The Morgan fingerprint density at radius 3 is 2.64 bits per heavy atom. The molecule has 138 valence electrons. The number of likely N-dealkylation sites (tertiary alicyclic amines) is 1. The molecule has 2 saturated carbocycles. The number of hydrogen-bond donors (Lipinski definition) is 1. The Labute approximate surface area is 153 Å². The van der Waals surface area contributed by atoms with Gasteiger partial charge < -0.3 is 5.11 Å². The van der Waals surface area contributed by atoms with Crippen molar-refractivity contribution in [2.24, 2.45) is 17.3 Å². The highest BCUT2D eigenvalue weighted by molar-refractivity contribution is 5.44. The number of piperidine rings is 1. The van der Waals surface area contributed by atoms with Gasteiger partial charge in [-0.05, 0) is 92.5 Å². The number of nitrogens with zero attached hydrogens (tertiary/aromatic N) is 1. The van der Waals surface area contributed by atoms with Crippen molar-refractivity contribution < 1.29 is 5.11 Å². The van der Waals surface area contributed by atoms with Crippen LogP contribution in [0.4, 0.5) is 0 Å². The average Bonchev–Trinajstić information content (AvgIpc) is 3.34. The number of phenolic OH excluding ortho intramolecular Hbond substituents is 1. The first-order valence-electron chi connectivity index (χ1n) is 10.5. The molecule has 1 N–H and O–H groups in total. The summed E-state index contributed by atoms with van der Waals surface area (Å²) in [5.41, 5.74) is 3.44. The molecule has 3 fully saturated rings.